The van der Waals surface area contributed by atoms with E-state index in [-0.39, 0.29) is 11.3 Å². The number of benzene rings is 2. The van der Waals surface area contributed by atoms with Crippen LogP contribution in [0.5, 0.6) is 0 Å². The molecule has 8 heteroatoms. The lowest BCUT2D eigenvalue weighted by molar-refractivity contribution is -0.140. The highest BCUT2D eigenvalue weighted by Crippen LogP contribution is 2.12. The summed E-state index contributed by atoms with van der Waals surface area (Å²) in [5.41, 5.74) is 2.19. The number of carbonyl (C=O) groups is 2. The molecule has 0 aliphatic rings. The monoisotopic (exact) mass is 393 g/mol. The highest BCUT2D eigenvalue weighted by atomic mass is 32.2. The SMILES string of the molecule is Cc1ccc(S(=O)(=O)N[C@@H](CCC(=O)O)C(=O)O)cc1.Cc1ccccc1. The van der Waals surface area contributed by atoms with E-state index in [4.69, 9.17) is 10.2 Å². The zero-order chi connectivity index (χ0) is 20.4. The predicted molar refractivity (Wildman–Crippen MR) is 101 cm³/mol. The molecule has 146 valence electrons. The van der Waals surface area contributed by atoms with Gasteiger partial charge in [0.2, 0.25) is 10.0 Å². The summed E-state index contributed by atoms with van der Waals surface area (Å²) in [4.78, 5) is 21.3. The van der Waals surface area contributed by atoms with Gasteiger partial charge in [0, 0.05) is 6.42 Å². The third-order valence-electron chi connectivity index (χ3n) is 3.51. The van der Waals surface area contributed by atoms with E-state index in [2.05, 4.69) is 19.1 Å². The van der Waals surface area contributed by atoms with Gasteiger partial charge >= 0.3 is 11.9 Å². The van der Waals surface area contributed by atoms with Crippen LogP contribution in [0, 0.1) is 13.8 Å². The topological polar surface area (TPSA) is 121 Å². The fourth-order valence-electron chi connectivity index (χ4n) is 2.01. The molecule has 2 aromatic rings. The van der Waals surface area contributed by atoms with Gasteiger partial charge in [-0.1, -0.05) is 53.6 Å². The zero-order valence-corrected chi connectivity index (χ0v) is 15.9. The van der Waals surface area contributed by atoms with Crippen molar-refractivity contribution < 1.29 is 28.2 Å². The number of carboxylic acids is 2. The summed E-state index contributed by atoms with van der Waals surface area (Å²) in [5.74, 6) is -2.60. The molecule has 0 saturated carbocycles. The van der Waals surface area contributed by atoms with Crippen molar-refractivity contribution >= 4 is 22.0 Å². The Morgan fingerprint density at radius 2 is 1.44 bits per heavy atom. The summed E-state index contributed by atoms with van der Waals surface area (Å²) < 4.78 is 26.0. The third kappa shape index (κ3) is 8.48. The van der Waals surface area contributed by atoms with Gasteiger partial charge < -0.3 is 10.2 Å². The van der Waals surface area contributed by atoms with Gasteiger partial charge in [-0.25, -0.2) is 8.42 Å². The average Bonchev–Trinajstić information content (AvgIpc) is 2.60. The summed E-state index contributed by atoms with van der Waals surface area (Å²) in [6.07, 6.45) is -0.761. The minimum absolute atomic E-state index is 0.0651. The second-order valence-electron chi connectivity index (χ2n) is 5.91. The zero-order valence-electron chi connectivity index (χ0n) is 15.1. The fraction of sp³-hybridized carbons (Fsp3) is 0.263. The quantitative estimate of drug-likeness (QED) is 0.665. The van der Waals surface area contributed by atoms with Crippen LogP contribution in [0.2, 0.25) is 0 Å². The van der Waals surface area contributed by atoms with Crippen LogP contribution in [0.25, 0.3) is 0 Å². The van der Waals surface area contributed by atoms with Gasteiger partial charge in [-0.15, -0.1) is 0 Å². The van der Waals surface area contributed by atoms with Crippen molar-refractivity contribution in [1.29, 1.82) is 0 Å². The molecule has 3 N–H and O–H groups in total. The molecule has 0 saturated heterocycles. The smallest absolute Gasteiger partial charge is 0.321 e. The Morgan fingerprint density at radius 3 is 1.85 bits per heavy atom. The Labute approximate surface area is 158 Å². The molecule has 0 spiro atoms. The summed E-state index contributed by atoms with van der Waals surface area (Å²) in [5, 5.41) is 17.4. The van der Waals surface area contributed by atoms with Crippen LogP contribution in [0.4, 0.5) is 0 Å². The number of aliphatic carboxylic acids is 2. The molecule has 0 aliphatic heterocycles. The first kappa shape index (κ1) is 22.3. The summed E-state index contributed by atoms with van der Waals surface area (Å²) >= 11 is 0. The second kappa shape index (κ2) is 10.4. The van der Waals surface area contributed by atoms with E-state index in [1.54, 1.807) is 19.1 Å². The van der Waals surface area contributed by atoms with Crippen molar-refractivity contribution in [1.82, 2.24) is 4.72 Å². The number of aryl methyl sites for hydroxylation is 2. The standard InChI is InChI=1S/C12H15NO6S.C7H8/c1-8-2-4-9(5-3-8)20(18,19)13-10(12(16)17)6-7-11(14)15;1-7-5-3-2-4-6-7/h2-5,10,13H,6-7H2,1H3,(H,14,15)(H,16,17);2-6H,1H3/t10-;/m0./s1. The lowest BCUT2D eigenvalue weighted by Gasteiger charge is -2.14. The van der Waals surface area contributed by atoms with Gasteiger partial charge in [-0.3, -0.25) is 9.59 Å². The largest absolute Gasteiger partial charge is 0.481 e. The molecule has 1 atom stereocenters. The Kier molecular flexibility index (Phi) is 8.64. The Morgan fingerprint density at radius 1 is 0.926 bits per heavy atom. The molecule has 0 heterocycles. The van der Waals surface area contributed by atoms with Crippen LogP contribution in [0.1, 0.15) is 24.0 Å². The molecule has 2 aromatic carbocycles. The minimum Gasteiger partial charge on any atom is -0.481 e. The van der Waals surface area contributed by atoms with Gasteiger partial charge in [0.1, 0.15) is 6.04 Å². The molecule has 2 rings (SSSR count). The molecule has 0 aromatic heterocycles. The van der Waals surface area contributed by atoms with E-state index in [9.17, 15) is 18.0 Å². The van der Waals surface area contributed by atoms with Crippen LogP contribution in [-0.4, -0.2) is 36.6 Å². The number of sulfonamides is 1. The minimum atomic E-state index is -3.99. The number of rotatable bonds is 7. The number of carboxylic acid groups (broad SMARTS) is 2. The van der Waals surface area contributed by atoms with Crippen molar-refractivity contribution in [2.24, 2.45) is 0 Å². The van der Waals surface area contributed by atoms with Crippen molar-refractivity contribution in [2.45, 2.75) is 37.6 Å². The number of hydrogen-bond donors (Lipinski definition) is 3. The molecule has 0 amide bonds. The molecule has 27 heavy (non-hydrogen) atoms. The van der Waals surface area contributed by atoms with E-state index in [1.807, 2.05) is 22.9 Å². The van der Waals surface area contributed by atoms with E-state index in [1.165, 1.54) is 17.7 Å². The normalized spacial score (nSPS) is 11.8. The van der Waals surface area contributed by atoms with Gasteiger partial charge in [0.15, 0.2) is 0 Å². The van der Waals surface area contributed by atoms with Crippen molar-refractivity contribution in [3.05, 3.63) is 65.7 Å². The van der Waals surface area contributed by atoms with Crippen LogP contribution < -0.4 is 4.72 Å². The number of hydrogen-bond acceptors (Lipinski definition) is 4. The van der Waals surface area contributed by atoms with E-state index < -0.39 is 34.4 Å². The highest BCUT2D eigenvalue weighted by molar-refractivity contribution is 7.89. The first-order valence-corrected chi connectivity index (χ1v) is 9.65. The maximum absolute atomic E-state index is 12.0. The van der Waals surface area contributed by atoms with E-state index >= 15 is 0 Å². The van der Waals surface area contributed by atoms with Crippen LogP contribution >= 0.6 is 0 Å². The Hall–Kier alpha value is -2.71. The summed E-state index contributed by atoms with van der Waals surface area (Å²) in [7, 11) is -3.99. The maximum Gasteiger partial charge on any atom is 0.321 e. The lowest BCUT2D eigenvalue weighted by Crippen LogP contribution is -2.41. The molecular weight excluding hydrogens is 370 g/mol. The second-order valence-corrected chi connectivity index (χ2v) is 7.63. The molecule has 0 fully saturated rings. The van der Waals surface area contributed by atoms with Crippen molar-refractivity contribution in [3.63, 3.8) is 0 Å². The summed E-state index contributed by atoms with van der Waals surface area (Å²) in [6.45, 7) is 3.87. The summed E-state index contributed by atoms with van der Waals surface area (Å²) in [6, 6.07) is 14.7. The van der Waals surface area contributed by atoms with Crippen LogP contribution in [-0.2, 0) is 19.6 Å². The Bertz CT molecular complexity index is 848. The molecule has 0 radical (unpaired) electrons. The van der Waals surface area contributed by atoms with E-state index in [0.29, 0.717) is 0 Å². The van der Waals surface area contributed by atoms with E-state index in [0.717, 1.165) is 5.56 Å². The van der Waals surface area contributed by atoms with Crippen LogP contribution in [0.3, 0.4) is 0 Å². The third-order valence-corrected chi connectivity index (χ3v) is 5.00. The van der Waals surface area contributed by atoms with Gasteiger partial charge in [-0.2, -0.15) is 4.72 Å². The van der Waals surface area contributed by atoms with Crippen molar-refractivity contribution in [3.8, 4) is 0 Å². The fourth-order valence-corrected chi connectivity index (χ4v) is 3.23. The molecule has 0 bridgehead atoms. The first-order chi connectivity index (χ1) is 12.6. The van der Waals surface area contributed by atoms with Gasteiger partial charge in [0.25, 0.3) is 0 Å². The van der Waals surface area contributed by atoms with Gasteiger partial charge in [-0.05, 0) is 32.4 Å². The maximum atomic E-state index is 12.0. The molecule has 0 aliphatic carbocycles. The Balaban J connectivity index is 0.000000433. The van der Waals surface area contributed by atoms with Crippen LogP contribution in [0.15, 0.2) is 59.5 Å². The van der Waals surface area contributed by atoms with Crippen molar-refractivity contribution in [2.75, 3.05) is 0 Å². The van der Waals surface area contributed by atoms with Gasteiger partial charge in [0.05, 0.1) is 4.90 Å². The molecule has 7 nitrogen and oxygen atoms in total. The molecule has 0 unspecified atom stereocenters. The first-order valence-electron chi connectivity index (χ1n) is 8.17. The molecular formula is C19H23NO6S. The average molecular weight is 393 g/mol. The number of nitrogens with one attached hydrogen (secondary N) is 1. The highest BCUT2D eigenvalue weighted by Gasteiger charge is 2.25. The predicted octanol–water partition coefficient (Wildman–Crippen LogP) is 2.59. The lowest BCUT2D eigenvalue weighted by atomic mass is 10.2.